The number of cyclic esters (lactones) is 1. The van der Waals surface area contributed by atoms with Gasteiger partial charge in [0.25, 0.3) is 0 Å². The third-order valence-corrected chi connectivity index (χ3v) is 1.78. The van der Waals surface area contributed by atoms with Gasteiger partial charge in [0.1, 0.15) is 6.10 Å². The lowest BCUT2D eigenvalue weighted by Gasteiger charge is -2.07. The van der Waals surface area contributed by atoms with E-state index in [0.717, 1.165) is 5.56 Å². The fourth-order valence-electron chi connectivity index (χ4n) is 1.19. The van der Waals surface area contributed by atoms with Gasteiger partial charge in [-0.15, -0.1) is 0 Å². The summed E-state index contributed by atoms with van der Waals surface area (Å²) in [6.07, 6.45) is 3.04. The van der Waals surface area contributed by atoms with Crippen molar-refractivity contribution < 1.29 is 9.53 Å². The number of benzene rings is 1. The molecule has 0 N–H and O–H groups in total. The third-order valence-electron chi connectivity index (χ3n) is 1.78. The van der Waals surface area contributed by atoms with E-state index in [-0.39, 0.29) is 12.1 Å². The summed E-state index contributed by atoms with van der Waals surface area (Å²) in [5.74, 6) is -0.260. The molecule has 0 fully saturated rings. The topological polar surface area (TPSA) is 26.3 Å². The Bertz CT molecular complexity index is 314. The Kier molecular flexibility index (Phi) is 1.67. The summed E-state index contributed by atoms with van der Waals surface area (Å²) >= 11 is 0. The fraction of sp³-hybridized carbons (Fsp3) is 0.100. The number of rotatable bonds is 1. The highest BCUT2D eigenvalue weighted by Crippen LogP contribution is 2.22. The Hall–Kier alpha value is -1.57. The smallest absolute Gasteiger partial charge is 0.331 e. The minimum absolute atomic E-state index is 0.182. The van der Waals surface area contributed by atoms with E-state index in [0.29, 0.717) is 0 Å². The van der Waals surface area contributed by atoms with E-state index >= 15 is 0 Å². The zero-order valence-electron chi connectivity index (χ0n) is 6.44. The van der Waals surface area contributed by atoms with Crippen molar-refractivity contribution >= 4 is 5.97 Å². The number of carbonyl (C=O) groups is 1. The van der Waals surface area contributed by atoms with E-state index in [1.54, 1.807) is 6.08 Å². The van der Waals surface area contributed by atoms with E-state index in [2.05, 4.69) is 0 Å². The summed E-state index contributed by atoms with van der Waals surface area (Å²) in [6.45, 7) is 0. The van der Waals surface area contributed by atoms with E-state index in [1.807, 2.05) is 30.3 Å². The highest BCUT2D eigenvalue weighted by Gasteiger charge is 2.17. The van der Waals surface area contributed by atoms with Crippen molar-refractivity contribution in [3.63, 3.8) is 0 Å². The van der Waals surface area contributed by atoms with Crippen LogP contribution in [0.3, 0.4) is 0 Å². The average Bonchev–Trinajstić information content (AvgIpc) is 2.54. The second-order valence-corrected chi connectivity index (χ2v) is 2.63. The van der Waals surface area contributed by atoms with Gasteiger partial charge in [-0.25, -0.2) is 4.79 Å². The Labute approximate surface area is 70.5 Å². The largest absolute Gasteiger partial charge is 0.450 e. The van der Waals surface area contributed by atoms with Crippen LogP contribution in [0, 0.1) is 0 Å². The van der Waals surface area contributed by atoms with Crippen LogP contribution in [0.2, 0.25) is 0 Å². The summed E-state index contributed by atoms with van der Waals surface area (Å²) in [6, 6.07) is 9.66. The lowest BCUT2D eigenvalue weighted by Crippen LogP contribution is -1.98. The zero-order valence-corrected chi connectivity index (χ0v) is 6.44. The van der Waals surface area contributed by atoms with E-state index in [9.17, 15) is 4.79 Å². The average molecular weight is 160 g/mol. The molecule has 1 aromatic rings. The van der Waals surface area contributed by atoms with Crippen molar-refractivity contribution in [3.8, 4) is 0 Å². The molecule has 0 spiro atoms. The monoisotopic (exact) mass is 160 g/mol. The molecule has 0 amide bonds. The number of ether oxygens (including phenoxy) is 1. The lowest BCUT2D eigenvalue weighted by atomic mass is 10.1. The minimum atomic E-state index is -0.260. The van der Waals surface area contributed by atoms with Crippen LogP contribution in [-0.2, 0) is 9.53 Å². The van der Waals surface area contributed by atoms with E-state index in [4.69, 9.17) is 4.74 Å². The van der Waals surface area contributed by atoms with Gasteiger partial charge in [-0.2, -0.15) is 0 Å². The van der Waals surface area contributed by atoms with E-state index in [1.165, 1.54) is 6.08 Å². The fourth-order valence-corrected chi connectivity index (χ4v) is 1.19. The van der Waals surface area contributed by atoms with Crippen molar-refractivity contribution in [2.45, 2.75) is 6.10 Å². The molecule has 2 nitrogen and oxygen atoms in total. The van der Waals surface area contributed by atoms with Crippen LogP contribution < -0.4 is 0 Å². The summed E-state index contributed by atoms with van der Waals surface area (Å²) in [5, 5.41) is 0. The molecule has 0 radical (unpaired) electrons. The Balaban J connectivity index is 2.23. The molecular formula is C10H8O2. The molecule has 0 saturated heterocycles. The van der Waals surface area contributed by atoms with Crippen LogP contribution in [0.5, 0.6) is 0 Å². The Morgan fingerprint density at radius 3 is 2.50 bits per heavy atom. The van der Waals surface area contributed by atoms with Crippen molar-refractivity contribution in [1.82, 2.24) is 0 Å². The van der Waals surface area contributed by atoms with Crippen LogP contribution >= 0.6 is 0 Å². The molecule has 1 aliphatic heterocycles. The van der Waals surface area contributed by atoms with Gasteiger partial charge in [-0.1, -0.05) is 30.3 Å². The molecular weight excluding hydrogens is 152 g/mol. The highest BCUT2D eigenvalue weighted by molar-refractivity contribution is 5.84. The van der Waals surface area contributed by atoms with Gasteiger partial charge >= 0.3 is 5.97 Å². The van der Waals surface area contributed by atoms with Crippen molar-refractivity contribution in [2.24, 2.45) is 0 Å². The van der Waals surface area contributed by atoms with E-state index < -0.39 is 0 Å². The summed E-state index contributed by atoms with van der Waals surface area (Å²) < 4.78 is 5.00. The van der Waals surface area contributed by atoms with Crippen molar-refractivity contribution in [1.29, 1.82) is 0 Å². The summed E-state index contributed by atoms with van der Waals surface area (Å²) in [4.78, 5) is 10.7. The molecule has 0 bridgehead atoms. The maximum atomic E-state index is 10.7. The van der Waals surface area contributed by atoms with Crippen molar-refractivity contribution in [2.75, 3.05) is 0 Å². The number of hydrogen-bond donors (Lipinski definition) is 0. The Morgan fingerprint density at radius 2 is 1.92 bits per heavy atom. The van der Waals surface area contributed by atoms with Crippen LogP contribution in [0.15, 0.2) is 42.5 Å². The molecule has 1 atom stereocenters. The van der Waals surface area contributed by atoms with Crippen LogP contribution in [-0.4, -0.2) is 5.97 Å². The van der Waals surface area contributed by atoms with Gasteiger partial charge in [0.15, 0.2) is 0 Å². The molecule has 60 valence electrons. The first-order valence-electron chi connectivity index (χ1n) is 3.80. The van der Waals surface area contributed by atoms with Crippen LogP contribution in [0.1, 0.15) is 11.7 Å². The summed E-state index contributed by atoms with van der Waals surface area (Å²) in [5.41, 5.74) is 1.01. The first-order chi connectivity index (χ1) is 5.86. The second kappa shape index (κ2) is 2.81. The van der Waals surface area contributed by atoms with Gasteiger partial charge in [0.05, 0.1) is 0 Å². The molecule has 2 rings (SSSR count). The van der Waals surface area contributed by atoms with Gasteiger partial charge in [-0.05, 0) is 11.6 Å². The predicted molar refractivity (Wildman–Crippen MR) is 44.4 cm³/mol. The molecule has 0 aromatic heterocycles. The van der Waals surface area contributed by atoms with Crippen LogP contribution in [0.4, 0.5) is 0 Å². The molecule has 2 heteroatoms. The van der Waals surface area contributed by atoms with Gasteiger partial charge in [-0.3, -0.25) is 0 Å². The van der Waals surface area contributed by atoms with Gasteiger partial charge in [0, 0.05) is 6.08 Å². The molecule has 1 heterocycles. The molecule has 0 saturated carbocycles. The first kappa shape index (κ1) is 7.10. The maximum Gasteiger partial charge on any atom is 0.331 e. The predicted octanol–water partition coefficient (Wildman–Crippen LogP) is 1.84. The second-order valence-electron chi connectivity index (χ2n) is 2.63. The molecule has 1 aliphatic rings. The van der Waals surface area contributed by atoms with Gasteiger partial charge in [0.2, 0.25) is 0 Å². The number of hydrogen-bond acceptors (Lipinski definition) is 2. The van der Waals surface area contributed by atoms with Gasteiger partial charge < -0.3 is 4.74 Å². The standard InChI is InChI=1S/C10H8O2/c11-10-7-6-9(12-10)8-4-2-1-3-5-8/h1-7,9H. The minimum Gasteiger partial charge on any atom is -0.450 e. The normalized spacial score (nSPS) is 21.0. The first-order valence-corrected chi connectivity index (χ1v) is 3.80. The summed E-state index contributed by atoms with van der Waals surface area (Å²) in [7, 11) is 0. The highest BCUT2D eigenvalue weighted by atomic mass is 16.5. The lowest BCUT2D eigenvalue weighted by molar-refractivity contribution is -0.138. The number of esters is 1. The molecule has 1 aromatic carbocycles. The molecule has 12 heavy (non-hydrogen) atoms. The molecule has 0 aliphatic carbocycles. The zero-order chi connectivity index (χ0) is 8.39. The third kappa shape index (κ3) is 1.23. The molecule has 1 unspecified atom stereocenters. The maximum absolute atomic E-state index is 10.7. The van der Waals surface area contributed by atoms with Crippen molar-refractivity contribution in [3.05, 3.63) is 48.0 Å². The van der Waals surface area contributed by atoms with Crippen LogP contribution in [0.25, 0.3) is 0 Å². The SMILES string of the molecule is O=C1C=CC(c2ccccc2)O1. The number of carbonyl (C=O) groups excluding carboxylic acids is 1. The Morgan fingerprint density at radius 1 is 1.17 bits per heavy atom. The quantitative estimate of drug-likeness (QED) is 0.586.